The van der Waals surface area contributed by atoms with Gasteiger partial charge in [0.05, 0.1) is 12.7 Å². The molecule has 0 amide bonds. The van der Waals surface area contributed by atoms with Crippen LogP contribution in [0, 0.1) is 5.92 Å². The Morgan fingerprint density at radius 3 is 1.91 bits per heavy atom. The topological polar surface area (TPSA) is 228 Å². The Bertz CT molecular complexity index is 522. The largest absolute Gasteiger partial charge is 0.481 e. The summed E-state index contributed by atoms with van der Waals surface area (Å²) < 4.78 is 28.8. The number of carboxylic acids is 2. The van der Waals surface area contributed by atoms with E-state index in [2.05, 4.69) is 8.83 Å². The minimum atomic E-state index is -5.51. The summed E-state index contributed by atoms with van der Waals surface area (Å²) in [4.78, 5) is 47.6. The summed E-state index contributed by atoms with van der Waals surface area (Å²) in [5, 5.41) is 36.7. The molecule has 0 saturated carbocycles. The third-order valence-corrected chi connectivity index (χ3v) is 4.42. The number of hydrogen-bond acceptors (Lipinski definition) is 8. The van der Waals surface area contributed by atoms with Crippen LogP contribution in [0.1, 0.15) is 6.92 Å². The van der Waals surface area contributed by atoms with Crippen LogP contribution in [0.5, 0.6) is 0 Å². The number of rotatable bonds is 9. The average molecular weight is 368 g/mol. The van der Waals surface area contributed by atoms with E-state index in [1.165, 1.54) is 0 Å². The smallest absolute Gasteiger partial charge is 0.481 e. The lowest BCUT2D eigenvalue weighted by Gasteiger charge is -2.31. The molecule has 15 heteroatoms. The molecule has 0 aromatic rings. The molecule has 13 nitrogen and oxygen atoms in total. The fourth-order valence-corrected chi connectivity index (χ4v) is 3.06. The van der Waals surface area contributed by atoms with Crippen molar-refractivity contribution < 1.29 is 62.7 Å². The van der Waals surface area contributed by atoms with Gasteiger partial charge in [0.2, 0.25) is 5.60 Å². The van der Waals surface area contributed by atoms with Crippen molar-refractivity contribution in [2.45, 2.75) is 18.6 Å². The van der Waals surface area contributed by atoms with E-state index in [1.54, 1.807) is 0 Å². The molecular formula is C7H14O13P2. The molecule has 0 rings (SSSR count). The van der Waals surface area contributed by atoms with Crippen LogP contribution in [-0.2, 0) is 27.6 Å². The highest BCUT2D eigenvalue weighted by Gasteiger charge is 2.52. The van der Waals surface area contributed by atoms with Crippen molar-refractivity contribution in [3.8, 4) is 0 Å². The van der Waals surface area contributed by atoms with E-state index in [9.17, 15) is 28.9 Å². The Morgan fingerprint density at radius 1 is 1.18 bits per heavy atom. The Kier molecular flexibility index (Phi) is 6.84. The molecule has 130 valence electrons. The maximum absolute atomic E-state index is 11.2. The van der Waals surface area contributed by atoms with Gasteiger partial charge < -0.3 is 35.1 Å². The molecule has 0 fully saturated rings. The highest BCUT2D eigenvalue weighted by Crippen LogP contribution is 2.57. The summed E-state index contributed by atoms with van der Waals surface area (Å²) in [5.74, 6) is -6.57. The van der Waals surface area contributed by atoms with Crippen molar-refractivity contribution in [3.05, 3.63) is 0 Å². The molecule has 4 unspecified atom stereocenters. The van der Waals surface area contributed by atoms with Crippen LogP contribution in [0.4, 0.5) is 0 Å². The van der Waals surface area contributed by atoms with Gasteiger partial charge in [0.25, 0.3) is 0 Å². The minimum absolute atomic E-state index is 0.831. The summed E-state index contributed by atoms with van der Waals surface area (Å²) in [7, 11) is -11.0. The van der Waals surface area contributed by atoms with E-state index in [-0.39, 0.29) is 0 Å². The maximum Gasteiger partial charge on any atom is 0.481 e. The molecular weight excluding hydrogens is 354 g/mol. The van der Waals surface area contributed by atoms with Crippen LogP contribution in [0.25, 0.3) is 0 Å². The van der Waals surface area contributed by atoms with Crippen LogP contribution in [0.2, 0.25) is 0 Å². The normalized spacial score (nSPS) is 20.5. The predicted molar refractivity (Wildman–Crippen MR) is 64.3 cm³/mol. The lowest BCUT2D eigenvalue weighted by molar-refractivity contribution is -0.186. The third-order valence-electron chi connectivity index (χ3n) is 2.29. The Labute approximate surface area is 122 Å². The van der Waals surface area contributed by atoms with Gasteiger partial charge in [0.1, 0.15) is 5.92 Å². The number of aliphatic hydroxyl groups excluding tert-OH is 1. The van der Waals surface area contributed by atoms with Crippen LogP contribution >= 0.6 is 15.6 Å². The second-order valence-electron chi connectivity index (χ2n) is 4.10. The first-order chi connectivity index (χ1) is 9.62. The monoisotopic (exact) mass is 368 g/mol. The first-order valence-corrected chi connectivity index (χ1v) is 8.26. The molecule has 0 bridgehead atoms. The molecule has 0 spiro atoms. The van der Waals surface area contributed by atoms with Gasteiger partial charge >= 0.3 is 27.6 Å². The third kappa shape index (κ3) is 6.08. The second-order valence-corrected chi connectivity index (χ2v) is 6.93. The Morgan fingerprint density at radius 2 is 1.64 bits per heavy atom. The number of aliphatic carboxylic acids is 2. The van der Waals surface area contributed by atoms with E-state index in [0.29, 0.717) is 0 Å². The molecule has 0 radical (unpaired) electrons. The van der Waals surface area contributed by atoms with Crippen LogP contribution in [-0.4, -0.2) is 65.4 Å². The zero-order valence-corrected chi connectivity index (χ0v) is 12.6. The number of aliphatic hydroxyl groups is 2. The van der Waals surface area contributed by atoms with Crippen LogP contribution in [0.3, 0.4) is 0 Å². The molecule has 7 N–H and O–H groups in total. The number of phosphoric acid groups is 2. The van der Waals surface area contributed by atoms with E-state index in [0.717, 1.165) is 6.92 Å². The van der Waals surface area contributed by atoms with Crippen LogP contribution < -0.4 is 0 Å². The average Bonchev–Trinajstić information content (AvgIpc) is 2.21. The van der Waals surface area contributed by atoms with E-state index >= 15 is 0 Å². The SMILES string of the molecule is CC(O)C(C(=O)O)C(O)(COP(=O)(O)OP(=O)(O)O)C(=O)O. The summed E-state index contributed by atoms with van der Waals surface area (Å²) in [6.07, 6.45) is -1.91. The summed E-state index contributed by atoms with van der Waals surface area (Å²) >= 11 is 0. The highest BCUT2D eigenvalue weighted by atomic mass is 31.3. The molecule has 0 aromatic heterocycles. The van der Waals surface area contributed by atoms with Crippen molar-refractivity contribution in [3.63, 3.8) is 0 Å². The molecule has 0 aliphatic rings. The molecule has 22 heavy (non-hydrogen) atoms. The lowest BCUT2D eigenvalue weighted by atomic mass is 9.84. The van der Waals surface area contributed by atoms with Gasteiger partial charge in [0, 0.05) is 0 Å². The van der Waals surface area contributed by atoms with Gasteiger partial charge in [-0.3, -0.25) is 9.32 Å². The number of carbonyl (C=O) groups is 2. The number of hydrogen-bond donors (Lipinski definition) is 7. The lowest BCUT2D eigenvalue weighted by Crippen LogP contribution is -2.56. The Balaban J connectivity index is 5.38. The van der Waals surface area contributed by atoms with E-state index in [4.69, 9.17) is 24.9 Å². The fraction of sp³-hybridized carbons (Fsp3) is 0.714. The summed E-state index contributed by atoms with van der Waals surface area (Å²) in [5.41, 5.74) is -3.38. The van der Waals surface area contributed by atoms with Gasteiger partial charge in [-0.2, -0.15) is 4.31 Å². The molecule has 0 aromatic carbocycles. The van der Waals surface area contributed by atoms with Gasteiger partial charge in [-0.05, 0) is 6.92 Å². The van der Waals surface area contributed by atoms with Gasteiger partial charge in [0.15, 0.2) is 0 Å². The zero-order valence-electron chi connectivity index (χ0n) is 10.8. The van der Waals surface area contributed by atoms with Gasteiger partial charge in [-0.15, -0.1) is 0 Å². The predicted octanol–water partition coefficient (Wildman–Crippen LogP) is -1.89. The quantitative estimate of drug-likeness (QED) is 0.221. The van der Waals surface area contributed by atoms with Crippen molar-refractivity contribution in [1.29, 1.82) is 0 Å². The molecule has 0 heterocycles. The van der Waals surface area contributed by atoms with E-state index in [1.807, 2.05) is 0 Å². The van der Waals surface area contributed by atoms with Crippen molar-refractivity contribution >= 4 is 27.6 Å². The first-order valence-electron chi connectivity index (χ1n) is 5.23. The number of carboxylic acid groups (broad SMARTS) is 2. The van der Waals surface area contributed by atoms with Gasteiger partial charge in [-0.25, -0.2) is 13.9 Å². The van der Waals surface area contributed by atoms with Crippen molar-refractivity contribution in [1.82, 2.24) is 0 Å². The second kappa shape index (κ2) is 7.13. The fourth-order valence-electron chi connectivity index (χ4n) is 1.43. The first kappa shape index (κ1) is 21.1. The van der Waals surface area contributed by atoms with Crippen molar-refractivity contribution in [2.24, 2.45) is 5.92 Å². The van der Waals surface area contributed by atoms with Crippen LogP contribution in [0.15, 0.2) is 0 Å². The number of phosphoric ester groups is 1. The molecule has 4 atom stereocenters. The summed E-state index contributed by atoms with van der Waals surface area (Å²) in [6, 6.07) is 0. The van der Waals surface area contributed by atoms with E-state index < -0.39 is 51.8 Å². The molecule has 0 saturated heterocycles. The summed E-state index contributed by atoms with van der Waals surface area (Å²) in [6.45, 7) is -0.880. The zero-order chi connectivity index (χ0) is 17.9. The van der Waals surface area contributed by atoms with Gasteiger partial charge in [-0.1, -0.05) is 0 Å². The maximum atomic E-state index is 11.2. The Hall–Kier alpha value is -0.880. The molecule has 0 aliphatic heterocycles. The molecule has 0 aliphatic carbocycles. The highest BCUT2D eigenvalue weighted by molar-refractivity contribution is 7.60. The minimum Gasteiger partial charge on any atom is -0.481 e. The van der Waals surface area contributed by atoms with Crippen molar-refractivity contribution in [2.75, 3.05) is 6.61 Å². The standard InChI is InChI=1S/C7H14O13P2/c1-3(8)4(5(9)10)7(13,6(11)12)2-19-22(17,18)20-21(14,15)16/h3-4,8,13H,2H2,1H3,(H,9,10)(H,11,12)(H,17,18)(H2,14,15,16).